The Morgan fingerprint density at radius 3 is 2.05 bits per heavy atom. The highest BCUT2D eigenvalue weighted by atomic mass is 16.6. The van der Waals surface area contributed by atoms with Gasteiger partial charge in [-0.2, -0.15) is 0 Å². The van der Waals surface area contributed by atoms with E-state index in [1.807, 2.05) is 36.4 Å². The molecule has 0 fully saturated rings. The fourth-order valence-electron chi connectivity index (χ4n) is 1.52. The molecule has 0 saturated carbocycles. The summed E-state index contributed by atoms with van der Waals surface area (Å²) in [6.45, 7) is 1.74. The smallest absolute Gasteiger partial charge is 0.415 e. The molecule has 0 aliphatic carbocycles. The van der Waals surface area contributed by atoms with Crippen LogP contribution >= 0.6 is 0 Å². The number of hydrogen-bond donors (Lipinski definition) is 1. The summed E-state index contributed by atoms with van der Waals surface area (Å²) in [4.78, 5) is 11.6. The van der Waals surface area contributed by atoms with E-state index in [2.05, 4.69) is 5.32 Å². The minimum Gasteiger partial charge on any atom is -0.471 e. The minimum atomic E-state index is -0.547. The molecule has 0 heterocycles. The Bertz CT molecular complexity index is 513. The molecule has 2 aromatic rings. The third kappa shape index (κ3) is 4.35. The van der Waals surface area contributed by atoms with Crippen LogP contribution in [0.15, 0.2) is 60.7 Å². The zero-order chi connectivity index (χ0) is 13.5. The molecule has 0 saturated heterocycles. The molecule has 0 spiro atoms. The Labute approximate surface area is 112 Å². The summed E-state index contributed by atoms with van der Waals surface area (Å²) >= 11 is 0. The SMILES string of the molecule is CC(NC(=O)Oc1ccccc1)Oc1ccccc1. The van der Waals surface area contributed by atoms with Crippen LogP contribution < -0.4 is 14.8 Å². The maximum atomic E-state index is 11.6. The number of para-hydroxylation sites is 2. The second-order valence-corrected chi connectivity index (χ2v) is 3.92. The van der Waals surface area contributed by atoms with Gasteiger partial charge >= 0.3 is 6.09 Å². The fraction of sp³-hybridized carbons (Fsp3) is 0.133. The highest BCUT2D eigenvalue weighted by molar-refractivity contribution is 5.70. The fourth-order valence-corrected chi connectivity index (χ4v) is 1.52. The number of hydrogen-bond acceptors (Lipinski definition) is 3. The number of rotatable bonds is 4. The van der Waals surface area contributed by atoms with Crippen molar-refractivity contribution < 1.29 is 14.3 Å². The second-order valence-electron chi connectivity index (χ2n) is 3.92. The van der Waals surface area contributed by atoms with Crippen molar-refractivity contribution in [1.82, 2.24) is 5.32 Å². The first-order valence-corrected chi connectivity index (χ1v) is 5.99. The predicted molar refractivity (Wildman–Crippen MR) is 72.1 cm³/mol. The van der Waals surface area contributed by atoms with Crippen LogP contribution in [0.5, 0.6) is 11.5 Å². The first-order chi connectivity index (χ1) is 9.24. The largest absolute Gasteiger partial charge is 0.471 e. The lowest BCUT2D eigenvalue weighted by Gasteiger charge is -2.15. The molecule has 4 nitrogen and oxygen atoms in total. The van der Waals surface area contributed by atoms with Crippen molar-refractivity contribution in [2.24, 2.45) is 0 Å². The van der Waals surface area contributed by atoms with E-state index in [-0.39, 0.29) is 0 Å². The molecule has 0 bridgehead atoms. The van der Waals surface area contributed by atoms with Crippen LogP contribution in [0.1, 0.15) is 6.92 Å². The quantitative estimate of drug-likeness (QED) is 0.855. The molecule has 0 aliphatic heterocycles. The summed E-state index contributed by atoms with van der Waals surface area (Å²) in [5, 5.41) is 2.59. The van der Waals surface area contributed by atoms with Gasteiger partial charge in [-0.15, -0.1) is 0 Å². The van der Waals surface area contributed by atoms with Crippen LogP contribution in [-0.2, 0) is 0 Å². The Morgan fingerprint density at radius 2 is 1.47 bits per heavy atom. The van der Waals surface area contributed by atoms with Gasteiger partial charge in [0.2, 0.25) is 0 Å². The van der Waals surface area contributed by atoms with Gasteiger partial charge in [0, 0.05) is 0 Å². The number of carbonyl (C=O) groups is 1. The molecule has 1 unspecified atom stereocenters. The zero-order valence-electron chi connectivity index (χ0n) is 10.6. The van der Waals surface area contributed by atoms with E-state index in [1.165, 1.54) is 0 Å². The number of ether oxygens (including phenoxy) is 2. The summed E-state index contributed by atoms with van der Waals surface area (Å²) in [5.74, 6) is 1.18. The minimum absolute atomic E-state index is 0.474. The highest BCUT2D eigenvalue weighted by Crippen LogP contribution is 2.11. The Hall–Kier alpha value is -2.49. The molecule has 2 aromatic carbocycles. The van der Waals surface area contributed by atoms with Gasteiger partial charge in [0.15, 0.2) is 6.23 Å². The third-order valence-corrected chi connectivity index (χ3v) is 2.33. The van der Waals surface area contributed by atoms with Gasteiger partial charge in [0.25, 0.3) is 0 Å². The maximum Gasteiger partial charge on any atom is 0.415 e. The van der Waals surface area contributed by atoms with Crippen LogP contribution in [0.3, 0.4) is 0 Å². The Kier molecular flexibility index (Phi) is 4.39. The molecule has 0 aromatic heterocycles. The van der Waals surface area contributed by atoms with E-state index < -0.39 is 12.3 Å². The average molecular weight is 257 g/mol. The van der Waals surface area contributed by atoms with Crippen molar-refractivity contribution in [3.8, 4) is 11.5 Å². The predicted octanol–water partition coefficient (Wildman–Crippen LogP) is 3.20. The van der Waals surface area contributed by atoms with Gasteiger partial charge < -0.3 is 9.47 Å². The lowest BCUT2D eigenvalue weighted by atomic mass is 10.3. The third-order valence-electron chi connectivity index (χ3n) is 2.33. The van der Waals surface area contributed by atoms with Crippen molar-refractivity contribution in [2.75, 3.05) is 0 Å². The molecular weight excluding hydrogens is 242 g/mol. The van der Waals surface area contributed by atoms with Gasteiger partial charge in [-0.25, -0.2) is 4.79 Å². The molecule has 2 rings (SSSR count). The van der Waals surface area contributed by atoms with Gasteiger partial charge in [-0.3, -0.25) is 5.32 Å². The van der Waals surface area contributed by atoms with Crippen LogP contribution in [0.4, 0.5) is 4.79 Å². The second kappa shape index (κ2) is 6.44. The molecular formula is C15H15NO3. The number of nitrogens with one attached hydrogen (secondary N) is 1. The van der Waals surface area contributed by atoms with Gasteiger partial charge in [0.05, 0.1) is 0 Å². The Morgan fingerprint density at radius 1 is 0.947 bits per heavy atom. The maximum absolute atomic E-state index is 11.6. The molecule has 0 radical (unpaired) electrons. The van der Waals surface area contributed by atoms with E-state index in [4.69, 9.17) is 9.47 Å². The topological polar surface area (TPSA) is 47.6 Å². The van der Waals surface area contributed by atoms with Crippen molar-refractivity contribution in [1.29, 1.82) is 0 Å². The molecule has 0 aliphatic rings. The molecule has 1 atom stereocenters. The Balaban J connectivity index is 1.82. The van der Waals surface area contributed by atoms with Crippen molar-refractivity contribution >= 4 is 6.09 Å². The standard InChI is InChI=1S/C15H15NO3/c1-12(18-13-8-4-2-5-9-13)16-15(17)19-14-10-6-3-7-11-14/h2-12H,1H3,(H,16,17). The van der Waals surface area contributed by atoms with E-state index in [1.54, 1.807) is 31.2 Å². The number of amides is 1. The molecule has 4 heteroatoms. The molecule has 1 amide bonds. The summed E-state index contributed by atoms with van der Waals surface area (Å²) in [7, 11) is 0. The van der Waals surface area contributed by atoms with E-state index >= 15 is 0 Å². The van der Waals surface area contributed by atoms with Gasteiger partial charge in [0.1, 0.15) is 11.5 Å². The lowest BCUT2D eigenvalue weighted by Crippen LogP contribution is -2.38. The van der Waals surface area contributed by atoms with Crippen LogP contribution in [0, 0.1) is 0 Å². The van der Waals surface area contributed by atoms with Crippen molar-refractivity contribution in [3.05, 3.63) is 60.7 Å². The van der Waals surface area contributed by atoms with Crippen molar-refractivity contribution in [3.63, 3.8) is 0 Å². The summed E-state index contributed by atoms with van der Waals surface area (Å²) < 4.78 is 10.6. The van der Waals surface area contributed by atoms with Crippen LogP contribution in [0.25, 0.3) is 0 Å². The number of carbonyl (C=O) groups excluding carboxylic acids is 1. The summed E-state index contributed by atoms with van der Waals surface area (Å²) in [6, 6.07) is 18.1. The normalized spacial score (nSPS) is 11.4. The van der Waals surface area contributed by atoms with Crippen LogP contribution in [-0.4, -0.2) is 12.3 Å². The molecule has 1 N–H and O–H groups in total. The van der Waals surface area contributed by atoms with Gasteiger partial charge in [-0.05, 0) is 31.2 Å². The highest BCUT2D eigenvalue weighted by Gasteiger charge is 2.09. The molecule has 98 valence electrons. The summed E-state index contributed by atoms with van der Waals surface area (Å²) in [6.07, 6.45) is -1.02. The average Bonchev–Trinajstić information content (AvgIpc) is 2.40. The van der Waals surface area contributed by atoms with E-state index in [0.717, 1.165) is 0 Å². The van der Waals surface area contributed by atoms with Gasteiger partial charge in [-0.1, -0.05) is 36.4 Å². The van der Waals surface area contributed by atoms with E-state index in [9.17, 15) is 4.79 Å². The first kappa shape index (κ1) is 13.0. The molecule has 19 heavy (non-hydrogen) atoms. The zero-order valence-corrected chi connectivity index (χ0v) is 10.6. The van der Waals surface area contributed by atoms with E-state index in [0.29, 0.717) is 11.5 Å². The monoisotopic (exact) mass is 257 g/mol. The lowest BCUT2D eigenvalue weighted by molar-refractivity contribution is 0.153. The summed E-state index contributed by atoms with van der Waals surface area (Å²) in [5.41, 5.74) is 0. The van der Waals surface area contributed by atoms with Crippen LogP contribution in [0.2, 0.25) is 0 Å². The first-order valence-electron chi connectivity index (χ1n) is 5.99. The van der Waals surface area contributed by atoms with Crippen molar-refractivity contribution in [2.45, 2.75) is 13.2 Å². The number of benzene rings is 2.